The number of likely N-dealkylation sites (tertiary alicyclic amines) is 1. The van der Waals surface area contributed by atoms with Crippen LogP contribution in [0.3, 0.4) is 0 Å². The molecule has 2 fully saturated rings. The summed E-state index contributed by atoms with van der Waals surface area (Å²) in [4.78, 5) is 201. The predicted molar refractivity (Wildman–Crippen MR) is 392 cm³/mol. The van der Waals surface area contributed by atoms with Gasteiger partial charge in [0.25, 0.3) is 5.91 Å². The molecule has 2 saturated heterocycles. The minimum Gasteiger partial charge on any atom is -0.458 e. The van der Waals surface area contributed by atoms with Crippen LogP contribution in [0, 0.1) is 41.4 Å². The Kier molecular flexibility index (Phi) is 37.8. The molecular formula is C74H122N14O17. The third kappa shape index (κ3) is 27.7. The second kappa shape index (κ2) is 43.8. The molecule has 0 radical (unpaired) electrons. The lowest BCUT2D eigenvalue weighted by atomic mass is 9.95. The number of aliphatic hydroxyl groups is 2. The van der Waals surface area contributed by atoms with Gasteiger partial charge in [0, 0.05) is 19.4 Å². The van der Waals surface area contributed by atoms with Gasteiger partial charge in [-0.3, -0.25) is 62.3 Å². The number of hydrogen-bond acceptors (Lipinski definition) is 18. The van der Waals surface area contributed by atoms with Crippen molar-refractivity contribution in [2.75, 3.05) is 13.1 Å². The molecule has 2 aliphatic rings. The molecule has 13 amide bonds. The van der Waals surface area contributed by atoms with Crippen LogP contribution in [0.2, 0.25) is 0 Å². The van der Waals surface area contributed by atoms with Crippen molar-refractivity contribution < 1.29 is 82.1 Å². The van der Waals surface area contributed by atoms with Gasteiger partial charge in [-0.25, -0.2) is 4.79 Å². The van der Waals surface area contributed by atoms with Gasteiger partial charge in [-0.2, -0.15) is 0 Å². The van der Waals surface area contributed by atoms with Gasteiger partial charge in [-0.1, -0.05) is 153 Å². The van der Waals surface area contributed by atoms with Crippen LogP contribution in [0.4, 0.5) is 0 Å². The first-order valence-corrected chi connectivity index (χ1v) is 37.2. The molecule has 2 aliphatic heterocycles. The number of hydrogen-bond donors (Lipinski definition) is 15. The fraction of sp³-hybridized carbons (Fsp3) is 0.703. The normalized spacial score (nSPS) is 22.8. The second-order valence-corrected chi connectivity index (χ2v) is 29.7. The summed E-state index contributed by atoms with van der Waals surface area (Å²) in [6.45, 7) is 29.2. The van der Waals surface area contributed by atoms with Gasteiger partial charge in [0.2, 0.25) is 70.9 Å². The van der Waals surface area contributed by atoms with Crippen LogP contribution in [0.15, 0.2) is 42.1 Å². The van der Waals surface area contributed by atoms with Crippen LogP contribution in [0.1, 0.15) is 188 Å². The highest BCUT2D eigenvalue weighted by molar-refractivity contribution is 6.03. The van der Waals surface area contributed by atoms with Gasteiger partial charge in [0.1, 0.15) is 84.3 Å². The maximum Gasteiger partial charge on any atom is 0.329 e. The number of benzene rings is 1. The molecule has 1 aromatic carbocycles. The number of rotatable bonds is 33. The zero-order valence-electron chi connectivity index (χ0n) is 64.7. The molecule has 31 heteroatoms. The van der Waals surface area contributed by atoms with Gasteiger partial charge >= 0.3 is 5.97 Å². The number of carbonyl (C=O) groups is 14. The van der Waals surface area contributed by atoms with Crippen molar-refractivity contribution in [1.82, 2.24) is 68.7 Å². The molecule has 3 rings (SSSR count). The Morgan fingerprint density at radius 3 is 1.67 bits per heavy atom. The fourth-order valence-electron chi connectivity index (χ4n) is 12.0. The number of carbonyl (C=O) groups excluding carboxylic acids is 14. The lowest BCUT2D eigenvalue weighted by Gasteiger charge is -2.33. The summed E-state index contributed by atoms with van der Waals surface area (Å²) >= 11 is 0. The lowest BCUT2D eigenvalue weighted by molar-refractivity contribution is -0.157. The minimum absolute atomic E-state index is 0.0222. The van der Waals surface area contributed by atoms with Crippen molar-refractivity contribution in [3.8, 4) is 0 Å². The van der Waals surface area contributed by atoms with Gasteiger partial charge in [-0.05, 0) is 113 Å². The van der Waals surface area contributed by atoms with Crippen molar-refractivity contribution in [2.45, 2.75) is 280 Å². The summed E-state index contributed by atoms with van der Waals surface area (Å²) in [5, 5.41) is 53.4. The lowest BCUT2D eigenvalue weighted by Crippen LogP contribution is -2.64. The standard InChI is InChI=1S/C74H122N14O17/c1-19-42(14)57(69(99)87-61-46(18)105-74(104)56(41(12)13)82-62(92)48(21-3)76-64(94)50(36-47-29-23-22-24-30-47)78-66(96)54(39(8)9)80-68(98)58(43(15)20-2)84-72(61)102)83-63(93)49(31-26-34-75)77-65(95)51-32-27-35-88(51)73(103)55(40(10)11)81-70(100)59(44(16)89)86-71(101)60(45(17)90)85-67(97)53(38(6)7)79-52(91)33-25-28-37(4)5/h21-24,29-30,37-46,49-51,53-61,89-90H,19-20,25-28,31-36,75H2,1-18H3,(H,76,94)(H,77,95)(H,78,96)(H,79,91)(H,80,98)(H,81,100)(H,82,92)(H,83,93)(H,84,102)(H,85,97)(H,86,101)(H,87,99)/b48-21-/t42-,43-,44+,45+,46+,49-,50-,51+,53+,54+,55+,56-,57+,58+,59-,60-,61+/m0/s1. The molecule has 0 aliphatic carbocycles. The molecule has 2 heterocycles. The van der Waals surface area contributed by atoms with Crippen LogP contribution >= 0.6 is 0 Å². The highest BCUT2D eigenvalue weighted by Crippen LogP contribution is 2.23. The van der Waals surface area contributed by atoms with E-state index in [1.165, 1.54) is 38.7 Å². The number of esters is 1. The number of allylic oxidation sites excluding steroid dienone is 1. The van der Waals surface area contributed by atoms with E-state index in [9.17, 15) is 67.7 Å². The summed E-state index contributed by atoms with van der Waals surface area (Å²) in [7, 11) is 0. The minimum atomic E-state index is -1.84. The van der Waals surface area contributed by atoms with E-state index in [1.807, 2.05) is 13.8 Å². The first-order chi connectivity index (χ1) is 49.2. The van der Waals surface area contributed by atoms with E-state index in [0.29, 0.717) is 30.7 Å². The van der Waals surface area contributed by atoms with E-state index < -0.39 is 203 Å². The third-order valence-corrected chi connectivity index (χ3v) is 19.1. The van der Waals surface area contributed by atoms with E-state index in [2.05, 4.69) is 63.8 Å². The van der Waals surface area contributed by atoms with Crippen molar-refractivity contribution in [3.05, 3.63) is 47.7 Å². The number of cyclic esters (lactones) is 1. The molecule has 0 unspecified atom stereocenters. The SMILES string of the molecule is C/C=C1\NC(=O)[C@H](Cc2ccccc2)NC(=O)[C@@H](C(C)C)NC(=O)[C@@H]([C@@H](C)CC)NC(=O)[C@H](NC(=O)[C@H](NC(=O)[C@H](CCCN)NC(=O)[C@H]2CCCN2C(=O)[C@H](NC(=O)[C@@H](NC(=O)[C@@H](NC(=O)[C@H](NC(=O)CCCC(C)C)C(C)C)[C@@H](C)O)[C@@H](C)O)C(C)C)[C@@H](C)CC)[C@@H](C)OC(=O)[C@H](C(C)C)NC1=O. The molecule has 0 spiro atoms. The Morgan fingerprint density at radius 2 is 1.15 bits per heavy atom. The summed E-state index contributed by atoms with van der Waals surface area (Å²) in [6, 6.07) is -8.54. The highest BCUT2D eigenvalue weighted by atomic mass is 16.5. The fourth-order valence-corrected chi connectivity index (χ4v) is 12.0. The Labute approximate surface area is 618 Å². The number of nitrogens with zero attached hydrogens (tertiary/aromatic N) is 1. The average Bonchev–Trinajstić information content (AvgIpc) is 1.79. The van der Waals surface area contributed by atoms with Gasteiger partial charge in [-0.15, -0.1) is 0 Å². The Bertz CT molecular complexity index is 3160. The van der Waals surface area contributed by atoms with Crippen LogP contribution in [-0.4, -0.2) is 202 Å². The number of nitrogens with one attached hydrogen (secondary N) is 12. The Morgan fingerprint density at radius 1 is 0.610 bits per heavy atom. The van der Waals surface area contributed by atoms with Gasteiger partial charge in [0.05, 0.1) is 12.2 Å². The maximum absolute atomic E-state index is 15.0. The molecule has 0 bridgehead atoms. The predicted octanol–water partition coefficient (Wildman–Crippen LogP) is 0.561. The quantitative estimate of drug-likeness (QED) is 0.0338. The highest BCUT2D eigenvalue weighted by Gasteiger charge is 2.45. The summed E-state index contributed by atoms with van der Waals surface area (Å²) in [6.07, 6.45) is -0.907. The molecule has 31 nitrogen and oxygen atoms in total. The number of ether oxygens (including phenoxy) is 1. The van der Waals surface area contributed by atoms with Crippen LogP contribution < -0.4 is 69.5 Å². The first-order valence-electron chi connectivity index (χ1n) is 37.2. The first kappa shape index (κ1) is 90.6. The molecule has 16 N–H and O–H groups in total. The molecule has 0 saturated carbocycles. The van der Waals surface area contributed by atoms with Gasteiger partial charge < -0.3 is 89.4 Å². The van der Waals surface area contributed by atoms with Gasteiger partial charge in [0.15, 0.2) is 0 Å². The molecule has 0 aromatic heterocycles. The molecule has 590 valence electrons. The average molecular weight is 1480 g/mol. The molecule has 17 atom stereocenters. The van der Waals surface area contributed by atoms with Crippen LogP contribution in [-0.2, 0) is 78.3 Å². The van der Waals surface area contributed by atoms with Crippen LogP contribution in [0.5, 0.6) is 0 Å². The van der Waals surface area contributed by atoms with Crippen molar-refractivity contribution in [1.29, 1.82) is 0 Å². The van der Waals surface area contributed by atoms with E-state index >= 15 is 9.59 Å². The largest absolute Gasteiger partial charge is 0.458 e. The van der Waals surface area contributed by atoms with E-state index in [4.69, 9.17) is 10.5 Å². The van der Waals surface area contributed by atoms with E-state index in [0.717, 1.165) is 6.42 Å². The second-order valence-electron chi connectivity index (χ2n) is 29.7. The summed E-state index contributed by atoms with van der Waals surface area (Å²) < 4.78 is 5.95. The topological polar surface area (TPSA) is 462 Å². The molecular weight excluding hydrogens is 1360 g/mol. The number of nitrogens with two attached hydrogens (primary N) is 1. The van der Waals surface area contributed by atoms with Crippen molar-refractivity contribution in [3.63, 3.8) is 0 Å². The smallest absolute Gasteiger partial charge is 0.329 e. The monoisotopic (exact) mass is 1480 g/mol. The van der Waals surface area contributed by atoms with Crippen molar-refractivity contribution >= 4 is 82.8 Å². The maximum atomic E-state index is 15.0. The number of aliphatic hydroxyl groups excluding tert-OH is 2. The third-order valence-electron chi connectivity index (χ3n) is 19.1. The number of amides is 13. The zero-order chi connectivity index (χ0) is 79.4. The molecule has 105 heavy (non-hydrogen) atoms. The van der Waals surface area contributed by atoms with Crippen molar-refractivity contribution in [2.24, 2.45) is 47.2 Å². The Hall–Kier alpha value is -8.58. The zero-order valence-corrected chi connectivity index (χ0v) is 64.7. The Balaban J connectivity index is 2.00. The summed E-state index contributed by atoms with van der Waals surface area (Å²) in [5.74, 6) is -15.4. The van der Waals surface area contributed by atoms with Crippen LogP contribution in [0.25, 0.3) is 0 Å². The van der Waals surface area contributed by atoms with E-state index in [1.54, 1.807) is 113 Å². The van der Waals surface area contributed by atoms with E-state index in [-0.39, 0.29) is 63.2 Å². The summed E-state index contributed by atoms with van der Waals surface area (Å²) in [5.41, 5.74) is 6.31. The molecule has 1 aromatic rings.